The predicted octanol–water partition coefficient (Wildman–Crippen LogP) is 4.46. The van der Waals surface area contributed by atoms with Gasteiger partial charge in [-0.25, -0.2) is 4.98 Å². The number of nitro groups is 1. The molecule has 2 N–H and O–H groups in total. The molecule has 0 spiro atoms. The first-order valence-electron chi connectivity index (χ1n) is 8.85. The van der Waals surface area contributed by atoms with Gasteiger partial charge in [0.05, 0.1) is 23.4 Å². The van der Waals surface area contributed by atoms with Crippen LogP contribution in [-0.4, -0.2) is 28.6 Å². The molecule has 0 atom stereocenters. The molecule has 0 aliphatic rings. The van der Waals surface area contributed by atoms with Crippen LogP contribution in [0, 0.1) is 17.0 Å². The first kappa shape index (κ1) is 20.9. The second-order valence-corrected chi connectivity index (χ2v) is 7.23. The van der Waals surface area contributed by atoms with Gasteiger partial charge in [-0.05, 0) is 49.7 Å². The first-order chi connectivity index (χ1) is 14.4. The van der Waals surface area contributed by atoms with Gasteiger partial charge in [0.2, 0.25) is 5.13 Å². The van der Waals surface area contributed by atoms with E-state index < -0.39 is 10.8 Å². The Kier molecular flexibility index (Phi) is 6.38. The van der Waals surface area contributed by atoms with Crippen molar-refractivity contribution in [3.05, 3.63) is 74.8 Å². The van der Waals surface area contributed by atoms with Gasteiger partial charge >= 0.3 is 0 Å². The standard InChI is InChI=1S/C20H19N5O4S/c1-12(14-7-9-17(29-3)10-8-14)23-24-20-21-13(2)18(30-20)19(26)22-15-5-4-6-16(11-15)25(27)28/h4-11H,1-3H3,(H,21,24)(H,22,26)/b23-12-. The summed E-state index contributed by atoms with van der Waals surface area (Å²) in [5.41, 5.74) is 5.30. The highest BCUT2D eigenvalue weighted by Crippen LogP contribution is 2.25. The van der Waals surface area contributed by atoms with Crippen LogP contribution in [0.15, 0.2) is 53.6 Å². The second-order valence-electron chi connectivity index (χ2n) is 6.23. The molecular formula is C20H19N5O4S. The summed E-state index contributed by atoms with van der Waals surface area (Å²) in [6.45, 7) is 3.56. The van der Waals surface area contributed by atoms with Crippen LogP contribution in [0.3, 0.4) is 0 Å². The average Bonchev–Trinajstić information content (AvgIpc) is 3.13. The van der Waals surface area contributed by atoms with E-state index in [-0.39, 0.29) is 5.69 Å². The fourth-order valence-corrected chi connectivity index (χ4v) is 3.37. The van der Waals surface area contributed by atoms with E-state index in [4.69, 9.17) is 4.74 Å². The van der Waals surface area contributed by atoms with Crippen LogP contribution in [0.1, 0.15) is 27.9 Å². The molecule has 1 amide bonds. The zero-order chi connectivity index (χ0) is 21.7. The third-order valence-electron chi connectivity index (χ3n) is 4.14. The highest BCUT2D eigenvalue weighted by atomic mass is 32.1. The molecule has 0 fully saturated rings. The monoisotopic (exact) mass is 425 g/mol. The molecule has 10 heteroatoms. The molecule has 0 aliphatic carbocycles. The van der Waals surface area contributed by atoms with Gasteiger partial charge in [-0.15, -0.1) is 0 Å². The highest BCUT2D eigenvalue weighted by Gasteiger charge is 2.16. The summed E-state index contributed by atoms with van der Waals surface area (Å²) in [6.07, 6.45) is 0. The number of rotatable bonds is 7. The van der Waals surface area contributed by atoms with Crippen LogP contribution < -0.4 is 15.5 Å². The molecule has 3 rings (SSSR count). The van der Waals surface area contributed by atoms with Crippen molar-refractivity contribution in [1.29, 1.82) is 0 Å². The molecule has 0 saturated carbocycles. The number of carbonyl (C=O) groups excluding carboxylic acids is 1. The lowest BCUT2D eigenvalue weighted by Crippen LogP contribution is -2.11. The Labute approximate surface area is 176 Å². The maximum absolute atomic E-state index is 12.6. The fraction of sp³-hybridized carbons (Fsp3) is 0.150. The van der Waals surface area contributed by atoms with Crippen LogP contribution in [-0.2, 0) is 0 Å². The third kappa shape index (κ3) is 4.97. The Morgan fingerprint density at radius 1 is 1.23 bits per heavy atom. The number of non-ortho nitro benzene ring substituents is 1. The van der Waals surface area contributed by atoms with E-state index in [1.807, 2.05) is 31.2 Å². The largest absolute Gasteiger partial charge is 0.497 e. The van der Waals surface area contributed by atoms with Gasteiger partial charge in [-0.1, -0.05) is 17.4 Å². The molecule has 2 aromatic carbocycles. The number of benzene rings is 2. The molecule has 3 aromatic rings. The highest BCUT2D eigenvalue weighted by molar-refractivity contribution is 7.17. The third-order valence-corrected chi connectivity index (χ3v) is 5.21. The zero-order valence-corrected chi connectivity index (χ0v) is 17.3. The van der Waals surface area contributed by atoms with E-state index in [2.05, 4.69) is 20.8 Å². The van der Waals surface area contributed by atoms with Crippen LogP contribution in [0.2, 0.25) is 0 Å². The summed E-state index contributed by atoms with van der Waals surface area (Å²) in [7, 11) is 1.61. The Hall–Kier alpha value is -3.79. The average molecular weight is 425 g/mol. The molecular weight excluding hydrogens is 406 g/mol. The summed E-state index contributed by atoms with van der Waals surface area (Å²) in [5, 5.41) is 18.3. The van der Waals surface area contributed by atoms with Crippen molar-refractivity contribution in [2.75, 3.05) is 17.9 Å². The Balaban J connectivity index is 1.70. The Morgan fingerprint density at radius 3 is 2.63 bits per heavy atom. The van der Waals surface area contributed by atoms with Crippen molar-refractivity contribution in [3.63, 3.8) is 0 Å². The normalized spacial score (nSPS) is 11.1. The Bertz CT molecular complexity index is 1110. The van der Waals surface area contributed by atoms with Crippen LogP contribution in [0.4, 0.5) is 16.5 Å². The lowest BCUT2D eigenvalue weighted by atomic mass is 10.1. The SMILES string of the molecule is COc1ccc(/C(C)=N\Nc2nc(C)c(C(=O)Nc3cccc([N+](=O)[O-])c3)s2)cc1. The van der Waals surface area contributed by atoms with Gasteiger partial charge in [-0.2, -0.15) is 5.10 Å². The van der Waals surface area contributed by atoms with Crippen LogP contribution >= 0.6 is 11.3 Å². The van der Waals surface area contributed by atoms with E-state index >= 15 is 0 Å². The smallest absolute Gasteiger partial charge is 0.271 e. The zero-order valence-electron chi connectivity index (χ0n) is 16.5. The van der Waals surface area contributed by atoms with Crippen molar-refractivity contribution in [1.82, 2.24) is 4.98 Å². The van der Waals surface area contributed by atoms with Gasteiger partial charge in [0.15, 0.2) is 0 Å². The van der Waals surface area contributed by atoms with Gasteiger partial charge < -0.3 is 10.1 Å². The van der Waals surface area contributed by atoms with Gasteiger partial charge in [-0.3, -0.25) is 20.3 Å². The number of nitrogens with zero attached hydrogens (tertiary/aromatic N) is 3. The minimum Gasteiger partial charge on any atom is -0.497 e. The minimum absolute atomic E-state index is 0.0977. The second kappa shape index (κ2) is 9.14. The molecule has 9 nitrogen and oxygen atoms in total. The maximum atomic E-state index is 12.6. The fourth-order valence-electron chi connectivity index (χ4n) is 2.57. The number of aryl methyl sites for hydroxylation is 1. The molecule has 1 heterocycles. The quantitative estimate of drug-likeness (QED) is 0.328. The molecule has 0 unspecified atom stereocenters. The molecule has 0 saturated heterocycles. The van der Waals surface area contributed by atoms with Crippen molar-refractivity contribution in [3.8, 4) is 5.75 Å². The number of hydrazone groups is 1. The molecule has 30 heavy (non-hydrogen) atoms. The number of aromatic nitrogens is 1. The number of anilines is 2. The number of carbonyl (C=O) groups is 1. The van der Waals surface area contributed by atoms with Gasteiger partial charge in [0, 0.05) is 17.8 Å². The van der Waals surface area contributed by atoms with E-state index in [1.54, 1.807) is 20.1 Å². The lowest BCUT2D eigenvalue weighted by molar-refractivity contribution is -0.384. The molecule has 0 bridgehead atoms. The molecule has 0 radical (unpaired) electrons. The topological polar surface area (TPSA) is 119 Å². The summed E-state index contributed by atoms with van der Waals surface area (Å²) >= 11 is 1.15. The molecule has 154 valence electrons. The maximum Gasteiger partial charge on any atom is 0.271 e. The number of methoxy groups -OCH3 is 1. The number of nitrogens with one attached hydrogen (secondary N) is 2. The summed E-state index contributed by atoms with van der Waals surface area (Å²) < 4.78 is 5.14. The number of ether oxygens (including phenoxy) is 1. The van der Waals surface area contributed by atoms with E-state index in [0.717, 1.165) is 28.4 Å². The predicted molar refractivity (Wildman–Crippen MR) is 117 cm³/mol. The molecule has 0 aliphatic heterocycles. The minimum atomic E-state index is -0.515. The number of thiazole rings is 1. The van der Waals surface area contributed by atoms with Crippen molar-refractivity contribution >= 4 is 39.5 Å². The number of amides is 1. The van der Waals surface area contributed by atoms with E-state index in [9.17, 15) is 14.9 Å². The van der Waals surface area contributed by atoms with Crippen LogP contribution in [0.5, 0.6) is 5.75 Å². The summed E-state index contributed by atoms with van der Waals surface area (Å²) in [6, 6.07) is 13.2. The Morgan fingerprint density at radius 2 is 1.97 bits per heavy atom. The summed E-state index contributed by atoms with van der Waals surface area (Å²) in [5.74, 6) is 0.365. The lowest BCUT2D eigenvalue weighted by Gasteiger charge is -2.04. The van der Waals surface area contributed by atoms with Crippen molar-refractivity contribution in [2.24, 2.45) is 5.10 Å². The van der Waals surface area contributed by atoms with E-state index in [0.29, 0.717) is 21.4 Å². The number of nitro benzene ring substituents is 1. The number of hydrogen-bond donors (Lipinski definition) is 2. The molecule has 1 aromatic heterocycles. The van der Waals surface area contributed by atoms with Crippen molar-refractivity contribution < 1.29 is 14.5 Å². The van der Waals surface area contributed by atoms with E-state index in [1.165, 1.54) is 18.2 Å². The van der Waals surface area contributed by atoms with Crippen LogP contribution in [0.25, 0.3) is 0 Å². The number of hydrogen-bond acceptors (Lipinski definition) is 8. The van der Waals surface area contributed by atoms with Crippen molar-refractivity contribution in [2.45, 2.75) is 13.8 Å². The van der Waals surface area contributed by atoms with Gasteiger partial charge in [0.1, 0.15) is 10.6 Å². The van der Waals surface area contributed by atoms with Gasteiger partial charge in [0.25, 0.3) is 11.6 Å². The first-order valence-corrected chi connectivity index (χ1v) is 9.67. The summed E-state index contributed by atoms with van der Waals surface area (Å²) in [4.78, 5) is 27.6.